The van der Waals surface area contributed by atoms with E-state index in [4.69, 9.17) is 52.5 Å². The predicted octanol–water partition coefficient (Wildman–Crippen LogP) is 0.950. The number of carboxylic acid groups (broad SMARTS) is 1. The van der Waals surface area contributed by atoms with E-state index in [0.29, 0.717) is 132 Å². The Kier molecular flexibility index (Phi) is 37.4. The first kappa shape index (κ1) is 43.5. The molecule has 2 N–H and O–H groups in total. The van der Waals surface area contributed by atoms with Crippen molar-refractivity contribution in [2.45, 2.75) is 32.6 Å². The van der Waals surface area contributed by atoms with Gasteiger partial charge in [0, 0.05) is 13.2 Å². The molecular formula is C30H59NO14. The Morgan fingerprint density at radius 1 is 0.422 bits per heavy atom. The zero-order chi connectivity index (χ0) is 32.7. The van der Waals surface area contributed by atoms with Gasteiger partial charge in [0.15, 0.2) is 0 Å². The number of rotatable bonds is 39. The van der Waals surface area contributed by atoms with Crippen molar-refractivity contribution in [1.29, 1.82) is 0 Å². The van der Waals surface area contributed by atoms with Crippen molar-refractivity contribution in [3.63, 3.8) is 0 Å². The zero-order valence-electron chi connectivity index (χ0n) is 27.3. The summed E-state index contributed by atoms with van der Waals surface area (Å²) in [7, 11) is 0. The second-order valence-electron chi connectivity index (χ2n) is 9.42. The van der Waals surface area contributed by atoms with Gasteiger partial charge >= 0.3 is 5.97 Å². The predicted molar refractivity (Wildman–Crippen MR) is 164 cm³/mol. The number of aliphatic carboxylic acids is 1. The van der Waals surface area contributed by atoms with Gasteiger partial charge in [-0.1, -0.05) is 26.2 Å². The number of nitrogens with one attached hydrogen (secondary N) is 1. The van der Waals surface area contributed by atoms with Crippen molar-refractivity contribution >= 4 is 11.9 Å². The third-order valence-corrected chi connectivity index (χ3v) is 5.52. The minimum absolute atomic E-state index is 0.299. The van der Waals surface area contributed by atoms with Gasteiger partial charge in [-0.15, -0.1) is 0 Å². The molecule has 0 aromatic rings. The van der Waals surface area contributed by atoms with Crippen molar-refractivity contribution in [2.24, 2.45) is 0 Å². The molecule has 15 heteroatoms. The van der Waals surface area contributed by atoms with Gasteiger partial charge < -0.3 is 62.5 Å². The number of amides is 1. The molecule has 0 heterocycles. The SMILES string of the molecule is CCCCCCOCCOCCOCCOCCOCCOCCOCCOCCOCCOCCNC(=O)COCC(=O)O. The Bertz CT molecular complexity index is 617. The first-order chi connectivity index (χ1) is 22.2. The highest BCUT2D eigenvalue weighted by molar-refractivity contribution is 5.77. The maximum absolute atomic E-state index is 11.3. The van der Waals surface area contributed by atoms with E-state index in [9.17, 15) is 9.59 Å². The molecule has 0 unspecified atom stereocenters. The van der Waals surface area contributed by atoms with Crippen LogP contribution >= 0.6 is 0 Å². The van der Waals surface area contributed by atoms with E-state index < -0.39 is 18.5 Å². The van der Waals surface area contributed by atoms with E-state index in [0.717, 1.165) is 13.0 Å². The van der Waals surface area contributed by atoms with Crippen molar-refractivity contribution in [3.05, 3.63) is 0 Å². The van der Waals surface area contributed by atoms with E-state index in [-0.39, 0.29) is 6.61 Å². The second kappa shape index (κ2) is 38.7. The molecule has 0 spiro atoms. The van der Waals surface area contributed by atoms with Gasteiger partial charge in [-0.25, -0.2) is 4.79 Å². The average Bonchev–Trinajstić information content (AvgIpc) is 3.02. The first-order valence-corrected chi connectivity index (χ1v) is 16.0. The maximum Gasteiger partial charge on any atom is 0.329 e. The van der Waals surface area contributed by atoms with Gasteiger partial charge in [-0.2, -0.15) is 0 Å². The highest BCUT2D eigenvalue weighted by Gasteiger charge is 2.03. The van der Waals surface area contributed by atoms with Crippen LogP contribution in [0.2, 0.25) is 0 Å². The Hall–Kier alpha value is -1.50. The minimum atomic E-state index is -1.12. The standard InChI is InChI=1S/C30H59NO14/c1-2-3-4-5-7-35-9-11-37-13-15-39-17-19-41-21-23-43-25-26-44-24-22-42-20-18-40-16-14-38-12-10-36-8-6-31-29(32)27-45-28-30(33)34/h2-28H2,1H3,(H,31,32)(H,33,34). The summed E-state index contributed by atoms with van der Waals surface area (Å²) in [4.78, 5) is 21.6. The lowest BCUT2D eigenvalue weighted by Gasteiger charge is -2.09. The molecule has 15 nitrogen and oxygen atoms in total. The molecule has 45 heavy (non-hydrogen) atoms. The fraction of sp³-hybridized carbons (Fsp3) is 0.933. The fourth-order valence-corrected chi connectivity index (χ4v) is 3.26. The lowest BCUT2D eigenvalue weighted by molar-refractivity contribution is -0.143. The largest absolute Gasteiger partial charge is 0.480 e. The molecule has 0 aliphatic heterocycles. The van der Waals surface area contributed by atoms with Crippen LogP contribution in [0, 0.1) is 0 Å². The number of hydrogen-bond acceptors (Lipinski definition) is 13. The van der Waals surface area contributed by atoms with Crippen molar-refractivity contribution in [1.82, 2.24) is 5.32 Å². The number of carbonyl (C=O) groups excluding carboxylic acids is 1. The Morgan fingerprint density at radius 2 is 0.756 bits per heavy atom. The minimum Gasteiger partial charge on any atom is -0.480 e. The average molecular weight is 658 g/mol. The molecule has 0 bridgehead atoms. The summed E-state index contributed by atoms with van der Waals surface area (Å²) in [6.07, 6.45) is 4.86. The zero-order valence-corrected chi connectivity index (χ0v) is 27.3. The second-order valence-corrected chi connectivity index (χ2v) is 9.42. The molecule has 0 aromatic heterocycles. The molecule has 0 rings (SSSR count). The van der Waals surface area contributed by atoms with Crippen LogP contribution in [0.4, 0.5) is 0 Å². The molecule has 0 aromatic carbocycles. The molecule has 0 saturated heterocycles. The van der Waals surface area contributed by atoms with E-state index in [1.54, 1.807) is 0 Å². The van der Waals surface area contributed by atoms with Crippen LogP contribution in [0.3, 0.4) is 0 Å². The van der Waals surface area contributed by atoms with Crippen LogP contribution in [0.15, 0.2) is 0 Å². The maximum atomic E-state index is 11.3. The van der Waals surface area contributed by atoms with Gasteiger partial charge in [0.2, 0.25) is 5.91 Å². The monoisotopic (exact) mass is 657 g/mol. The van der Waals surface area contributed by atoms with Crippen LogP contribution in [-0.4, -0.2) is 169 Å². The molecule has 0 radical (unpaired) electrons. The van der Waals surface area contributed by atoms with Crippen molar-refractivity contribution in [2.75, 3.05) is 152 Å². The molecule has 1 amide bonds. The van der Waals surface area contributed by atoms with E-state index in [2.05, 4.69) is 17.0 Å². The van der Waals surface area contributed by atoms with Crippen LogP contribution in [0.25, 0.3) is 0 Å². The summed E-state index contributed by atoms with van der Waals surface area (Å²) < 4.78 is 59.1. The number of carbonyl (C=O) groups is 2. The topological polar surface area (TPSA) is 168 Å². The Morgan fingerprint density at radius 3 is 1.09 bits per heavy atom. The smallest absolute Gasteiger partial charge is 0.329 e. The summed E-state index contributed by atoms with van der Waals surface area (Å²) in [5, 5.41) is 11.0. The lowest BCUT2D eigenvalue weighted by Crippen LogP contribution is -2.31. The molecule has 0 saturated carbocycles. The van der Waals surface area contributed by atoms with Gasteiger partial charge in [-0.05, 0) is 6.42 Å². The molecule has 268 valence electrons. The van der Waals surface area contributed by atoms with Gasteiger partial charge in [-0.3, -0.25) is 4.79 Å². The summed E-state index contributed by atoms with van der Waals surface area (Å²) in [5.74, 6) is -1.52. The third-order valence-electron chi connectivity index (χ3n) is 5.52. The van der Waals surface area contributed by atoms with Crippen LogP contribution < -0.4 is 5.32 Å². The summed E-state index contributed by atoms with van der Waals surface area (Å²) in [6.45, 7) is 11.8. The van der Waals surface area contributed by atoms with E-state index >= 15 is 0 Å². The highest BCUT2D eigenvalue weighted by Crippen LogP contribution is 1.98. The van der Waals surface area contributed by atoms with Crippen LogP contribution in [-0.2, 0) is 61.7 Å². The normalized spacial score (nSPS) is 11.3. The quantitative estimate of drug-likeness (QED) is 0.0897. The molecule has 0 aliphatic carbocycles. The highest BCUT2D eigenvalue weighted by atomic mass is 16.6. The summed E-state index contributed by atoms with van der Waals surface area (Å²) >= 11 is 0. The van der Waals surface area contributed by atoms with Crippen molar-refractivity contribution < 1.29 is 66.8 Å². The van der Waals surface area contributed by atoms with Gasteiger partial charge in [0.1, 0.15) is 13.2 Å². The number of carboxylic acids is 1. The van der Waals surface area contributed by atoms with Crippen LogP contribution in [0.5, 0.6) is 0 Å². The number of ether oxygens (including phenoxy) is 11. The number of unbranched alkanes of at least 4 members (excludes halogenated alkanes) is 3. The molecule has 0 aliphatic rings. The lowest BCUT2D eigenvalue weighted by atomic mass is 10.2. The van der Waals surface area contributed by atoms with Gasteiger partial charge in [0.25, 0.3) is 0 Å². The summed E-state index contributed by atoms with van der Waals surface area (Å²) in [5.41, 5.74) is 0. The van der Waals surface area contributed by atoms with Crippen molar-refractivity contribution in [3.8, 4) is 0 Å². The van der Waals surface area contributed by atoms with E-state index in [1.807, 2.05) is 0 Å². The third kappa shape index (κ3) is 40.5. The summed E-state index contributed by atoms with van der Waals surface area (Å²) in [6, 6.07) is 0. The molecule has 0 atom stereocenters. The molecule has 0 fully saturated rings. The van der Waals surface area contributed by atoms with Gasteiger partial charge in [0.05, 0.1) is 126 Å². The number of hydrogen-bond donors (Lipinski definition) is 2. The Balaban J connectivity index is 3.08. The first-order valence-electron chi connectivity index (χ1n) is 16.0. The Labute approximate surface area is 268 Å². The van der Waals surface area contributed by atoms with Crippen LogP contribution in [0.1, 0.15) is 32.6 Å². The van der Waals surface area contributed by atoms with E-state index in [1.165, 1.54) is 19.3 Å². The molecular weight excluding hydrogens is 598 g/mol. The fourth-order valence-electron chi connectivity index (χ4n) is 3.26.